The Morgan fingerprint density at radius 3 is 2.62 bits per heavy atom. The Morgan fingerprint density at radius 2 is 1.86 bits per heavy atom. The molecule has 1 aliphatic rings. The Bertz CT molecular complexity index is 586. The van der Waals surface area contributed by atoms with Gasteiger partial charge in [-0.2, -0.15) is 0 Å². The summed E-state index contributed by atoms with van der Waals surface area (Å²) in [6, 6.07) is 17.8. The van der Waals surface area contributed by atoms with Crippen molar-refractivity contribution in [3.05, 3.63) is 65.2 Å². The molecule has 0 saturated carbocycles. The molecular formula is C20H25N. The van der Waals surface area contributed by atoms with Crippen molar-refractivity contribution in [2.75, 3.05) is 11.9 Å². The molecule has 1 heterocycles. The third kappa shape index (κ3) is 3.29. The molecule has 2 aromatic carbocycles. The number of hydrogen-bond donors (Lipinski definition) is 1. The number of anilines is 1. The summed E-state index contributed by atoms with van der Waals surface area (Å²) in [5.74, 6) is 1.39. The molecule has 2 aromatic rings. The molecule has 0 spiro atoms. The second-order valence-electron chi connectivity index (χ2n) is 6.50. The van der Waals surface area contributed by atoms with E-state index in [4.69, 9.17) is 0 Å². The summed E-state index contributed by atoms with van der Waals surface area (Å²) in [4.78, 5) is 0. The Kier molecular flexibility index (Phi) is 4.28. The summed E-state index contributed by atoms with van der Waals surface area (Å²) in [7, 11) is 0. The lowest BCUT2D eigenvalue weighted by atomic mass is 9.83. The minimum Gasteiger partial charge on any atom is -0.385 e. The molecule has 1 aliphatic heterocycles. The highest BCUT2D eigenvalue weighted by Gasteiger charge is 2.21. The highest BCUT2D eigenvalue weighted by Crippen LogP contribution is 2.37. The Labute approximate surface area is 128 Å². The SMILES string of the molecule is CC(C)C1CCCNc2ccc(Cc3ccccc3)cc21. The first-order valence-electron chi connectivity index (χ1n) is 8.14. The maximum Gasteiger partial charge on any atom is 0.0375 e. The Morgan fingerprint density at radius 1 is 1.05 bits per heavy atom. The molecule has 21 heavy (non-hydrogen) atoms. The highest BCUT2D eigenvalue weighted by molar-refractivity contribution is 5.55. The van der Waals surface area contributed by atoms with Crippen LogP contribution in [0.3, 0.4) is 0 Å². The smallest absolute Gasteiger partial charge is 0.0375 e. The third-order valence-electron chi connectivity index (χ3n) is 4.58. The number of rotatable bonds is 3. The van der Waals surface area contributed by atoms with Crippen LogP contribution in [-0.4, -0.2) is 6.54 Å². The van der Waals surface area contributed by atoms with Crippen molar-refractivity contribution in [1.29, 1.82) is 0 Å². The normalized spacial score (nSPS) is 18.0. The van der Waals surface area contributed by atoms with Crippen LogP contribution in [0.15, 0.2) is 48.5 Å². The molecule has 1 atom stereocenters. The van der Waals surface area contributed by atoms with Crippen molar-refractivity contribution in [3.8, 4) is 0 Å². The fourth-order valence-corrected chi connectivity index (χ4v) is 3.41. The molecule has 0 aliphatic carbocycles. The van der Waals surface area contributed by atoms with Crippen LogP contribution >= 0.6 is 0 Å². The van der Waals surface area contributed by atoms with E-state index >= 15 is 0 Å². The maximum atomic E-state index is 3.60. The zero-order valence-electron chi connectivity index (χ0n) is 13.1. The Balaban J connectivity index is 1.91. The third-order valence-corrected chi connectivity index (χ3v) is 4.58. The quantitative estimate of drug-likeness (QED) is 0.812. The molecule has 3 rings (SSSR count). The van der Waals surface area contributed by atoms with Gasteiger partial charge in [-0.15, -0.1) is 0 Å². The summed E-state index contributed by atoms with van der Waals surface area (Å²) in [6.07, 6.45) is 3.59. The van der Waals surface area contributed by atoms with Crippen LogP contribution in [0.4, 0.5) is 5.69 Å². The van der Waals surface area contributed by atoms with Gasteiger partial charge in [0.1, 0.15) is 0 Å². The zero-order valence-corrected chi connectivity index (χ0v) is 13.1. The van der Waals surface area contributed by atoms with Gasteiger partial charge in [-0.05, 0) is 53.9 Å². The molecular weight excluding hydrogens is 254 g/mol. The van der Waals surface area contributed by atoms with Gasteiger partial charge >= 0.3 is 0 Å². The van der Waals surface area contributed by atoms with Gasteiger partial charge in [-0.1, -0.05) is 56.3 Å². The van der Waals surface area contributed by atoms with Gasteiger partial charge < -0.3 is 5.32 Å². The van der Waals surface area contributed by atoms with Gasteiger partial charge in [0.05, 0.1) is 0 Å². The van der Waals surface area contributed by atoms with Crippen LogP contribution in [-0.2, 0) is 6.42 Å². The van der Waals surface area contributed by atoms with Crippen molar-refractivity contribution in [2.24, 2.45) is 5.92 Å². The van der Waals surface area contributed by atoms with E-state index < -0.39 is 0 Å². The highest BCUT2D eigenvalue weighted by atomic mass is 14.9. The average molecular weight is 279 g/mol. The van der Waals surface area contributed by atoms with Gasteiger partial charge in [0.15, 0.2) is 0 Å². The lowest BCUT2D eigenvalue weighted by molar-refractivity contribution is 0.467. The second kappa shape index (κ2) is 6.34. The lowest BCUT2D eigenvalue weighted by Gasteiger charge is -2.22. The molecule has 110 valence electrons. The van der Waals surface area contributed by atoms with E-state index in [2.05, 4.69) is 67.7 Å². The summed E-state index contributed by atoms with van der Waals surface area (Å²) >= 11 is 0. The largest absolute Gasteiger partial charge is 0.385 e. The number of benzene rings is 2. The Hall–Kier alpha value is -1.76. The molecule has 1 N–H and O–H groups in total. The van der Waals surface area contributed by atoms with Gasteiger partial charge in [-0.25, -0.2) is 0 Å². The lowest BCUT2D eigenvalue weighted by Crippen LogP contribution is -2.07. The molecule has 1 unspecified atom stereocenters. The summed E-state index contributed by atoms with van der Waals surface area (Å²) in [6.45, 7) is 5.81. The van der Waals surface area contributed by atoms with Crippen molar-refractivity contribution < 1.29 is 0 Å². The minimum atomic E-state index is 0.686. The summed E-state index contributed by atoms with van der Waals surface area (Å²) in [5, 5.41) is 3.60. The standard InChI is InChI=1S/C20H25N/c1-15(2)18-9-6-12-21-20-11-10-17(14-19(18)20)13-16-7-4-3-5-8-16/h3-5,7-8,10-11,14-15,18,21H,6,9,12-13H2,1-2H3. The molecule has 0 aromatic heterocycles. The van der Waals surface area contributed by atoms with E-state index in [0.717, 1.165) is 13.0 Å². The topological polar surface area (TPSA) is 12.0 Å². The molecule has 0 saturated heterocycles. The first kappa shape index (κ1) is 14.2. The fraction of sp³-hybridized carbons (Fsp3) is 0.400. The number of fused-ring (bicyclic) bond motifs is 1. The fourth-order valence-electron chi connectivity index (χ4n) is 3.41. The first-order chi connectivity index (χ1) is 10.2. The molecule has 0 fully saturated rings. The molecule has 0 amide bonds. The minimum absolute atomic E-state index is 0.686. The van der Waals surface area contributed by atoms with Crippen molar-refractivity contribution in [1.82, 2.24) is 0 Å². The number of hydrogen-bond acceptors (Lipinski definition) is 1. The monoisotopic (exact) mass is 279 g/mol. The van der Waals surface area contributed by atoms with Gasteiger partial charge in [0, 0.05) is 12.2 Å². The van der Waals surface area contributed by atoms with Crippen LogP contribution in [0.2, 0.25) is 0 Å². The first-order valence-corrected chi connectivity index (χ1v) is 8.14. The molecule has 1 heteroatoms. The summed E-state index contributed by atoms with van der Waals surface area (Å²) in [5.41, 5.74) is 5.69. The van der Waals surface area contributed by atoms with Crippen LogP contribution < -0.4 is 5.32 Å². The number of nitrogens with one attached hydrogen (secondary N) is 1. The molecule has 1 nitrogen and oxygen atoms in total. The zero-order chi connectivity index (χ0) is 14.7. The predicted octanol–water partition coefficient (Wildman–Crippen LogP) is 5.22. The van der Waals surface area contributed by atoms with E-state index in [0.29, 0.717) is 11.8 Å². The average Bonchev–Trinajstić information content (AvgIpc) is 2.70. The predicted molar refractivity (Wildman–Crippen MR) is 91.0 cm³/mol. The van der Waals surface area contributed by atoms with E-state index in [1.165, 1.54) is 35.2 Å². The van der Waals surface area contributed by atoms with E-state index in [1.54, 1.807) is 0 Å². The molecule has 0 bridgehead atoms. The van der Waals surface area contributed by atoms with Crippen LogP contribution in [0.25, 0.3) is 0 Å². The second-order valence-corrected chi connectivity index (χ2v) is 6.50. The van der Waals surface area contributed by atoms with Crippen LogP contribution in [0, 0.1) is 5.92 Å². The maximum absolute atomic E-state index is 3.60. The van der Waals surface area contributed by atoms with Crippen LogP contribution in [0.5, 0.6) is 0 Å². The van der Waals surface area contributed by atoms with Gasteiger partial charge in [0.25, 0.3) is 0 Å². The van der Waals surface area contributed by atoms with Gasteiger partial charge in [-0.3, -0.25) is 0 Å². The van der Waals surface area contributed by atoms with Gasteiger partial charge in [0.2, 0.25) is 0 Å². The summed E-state index contributed by atoms with van der Waals surface area (Å²) < 4.78 is 0. The molecule has 0 radical (unpaired) electrons. The van der Waals surface area contributed by atoms with Crippen molar-refractivity contribution in [3.63, 3.8) is 0 Å². The van der Waals surface area contributed by atoms with E-state index in [1.807, 2.05) is 0 Å². The van der Waals surface area contributed by atoms with E-state index in [9.17, 15) is 0 Å². The van der Waals surface area contributed by atoms with Crippen molar-refractivity contribution in [2.45, 2.75) is 39.0 Å². The van der Waals surface area contributed by atoms with E-state index in [-0.39, 0.29) is 0 Å². The van der Waals surface area contributed by atoms with Crippen LogP contribution in [0.1, 0.15) is 49.3 Å². The van der Waals surface area contributed by atoms with Crippen molar-refractivity contribution >= 4 is 5.69 Å².